The SMILES string of the molecule is CCOCCOc1cccc(C(=O)NC(=S)Nc2ccc(S(=O)(=O)N(C)c3ccccc3)cc2)c1. The van der Waals surface area contributed by atoms with Gasteiger partial charge in [0.15, 0.2) is 5.11 Å². The number of nitrogens with zero attached hydrogens (tertiary/aromatic N) is 1. The lowest BCUT2D eigenvalue weighted by Gasteiger charge is -2.19. The van der Waals surface area contributed by atoms with Crippen LogP contribution in [0.1, 0.15) is 17.3 Å². The maximum absolute atomic E-state index is 12.9. The molecule has 3 aromatic carbocycles. The molecule has 1 amide bonds. The summed E-state index contributed by atoms with van der Waals surface area (Å²) in [5.41, 5.74) is 1.47. The minimum Gasteiger partial charge on any atom is -0.491 e. The van der Waals surface area contributed by atoms with Gasteiger partial charge in [-0.25, -0.2) is 8.42 Å². The van der Waals surface area contributed by atoms with Crippen LogP contribution < -0.4 is 19.7 Å². The van der Waals surface area contributed by atoms with Gasteiger partial charge in [-0.1, -0.05) is 24.3 Å². The molecule has 0 aliphatic carbocycles. The summed E-state index contributed by atoms with van der Waals surface area (Å²) < 4.78 is 37.8. The third kappa shape index (κ3) is 7.25. The number of hydrogen-bond acceptors (Lipinski definition) is 6. The number of amides is 1. The Bertz CT molecular complexity index is 1250. The topological polar surface area (TPSA) is 97.0 Å². The number of ether oxygens (including phenoxy) is 2. The van der Waals surface area contributed by atoms with Crippen molar-refractivity contribution in [1.82, 2.24) is 5.32 Å². The Balaban J connectivity index is 1.58. The lowest BCUT2D eigenvalue weighted by atomic mass is 10.2. The third-order valence-electron chi connectivity index (χ3n) is 4.91. The van der Waals surface area contributed by atoms with E-state index in [0.717, 1.165) is 0 Å². The van der Waals surface area contributed by atoms with Gasteiger partial charge in [0.05, 0.1) is 17.2 Å². The van der Waals surface area contributed by atoms with Crippen molar-refractivity contribution in [2.24, 2.45) is 0 Å². The van der Waals surface area contributed by atoms with Crippen molar-refractivity contribution >= 4 is 44.6 Å². The summed E-state index contributed by atoms with van der Waals surface area (Å²) in [5, 5.41) is 5.57. The van der Waals surface area contributed by atoms with Gasteiger partial charge in [0.1, 0.15) is 12.4 Å². The molecule has 0 spiro atoms. The van der Waals surface area contributed by atoms with Crippen LogP contribution >= 0.6 is 12.2 Å². The van der Waals surface area contributed by atoms with E-state index in [1.165, 1.54) is 23.5 Å². The van der Waals surface area contributed by atoms with E-state index in [0.29, 0.717) is 42.5 Å². The average molecular weight is 514 g/mol. The van der Waals surface area contributed by atoms with Crippen molar-refractivity contribution in [2.45, 2.75) is 11.8 Å². The molecule has 0 atom stereocenters. The summed E-state index contributed by atoms with van der Waals surface area (Å²) >= 11 is 5.24. The quantitative estimate of drug-likeness (QED) is 0.312. The molecule has 0 aromatic heterocycles. The molecule has 2 N–H and O–H groups in total. The Labute approximate surface area is 210 Å². The molecule has 10 heteroatoms. The minimum atomic E-state index is -3.72. The van der Waals surface area contributed by atoms with E-state index < -0.39 is 15.9 Å². The smallest absolute Gasteiger partial charge is 0.264 e. The van der Waals surface area contributed by atoms with E-state index >= 15 is 0 Å². The predicted octanol–water partition coefficient (Wildman–Crippen LogP) is 4.05. The Morgan fingerprint density at radius 1 is 0.971 bits per heavy atom. The van der Waals surface area contributed by atoms with Crippen LogP contribution in [0.3, 0.4) is 0 Å². The maximum Gasteiger partial charge on any atom is 0.264 e. The van der Waals surface area contributed by atoms with Gasteiger partial charge in [-0.05, 0) is 73.7 Å². The molecular weight excluding hydrogens is 486 g/mol. The first-order valence-electron chi connectivity index (χ1n) is 10.9. The maximum atomic E-state index is 12.9. The fourth-order valence-corrected chi connectivity index (χ4v) is 4.48. The van der Waals surface area contributed by atoms with Crippen LogP contribution in [0.25, 0.3) is 0 Å². The van der Waals surface area contributed by atoms with Crippen molar-refractivity contribution in [3.05, 3.63) is 84.4 Å². The van der Waals surface area contributed by atoms with Crippen LogP contribution in [0.5, 0.6) is 5.75 Å². The van der Waals surface area contributed by atoms with Gasteiger partial charge in [0, 0.05) is 24.9 Å². The number of rotatable bonds is 10. The van der Waals surface area contributed by atoms with E-state index in [2.05, 4.69) is 10.6 Å². The van der Waals surface area contributed by atoms with Gasteiger partial charge in [-0.15, -0.1) is 0 Å². The number of anilines is 2. The van der Waals surface area contributed by atoms with Crippen molar-refractivity contribution in [2.75, 3.05) is 36.5 Å². The highest BCUT2D eigenvalue weighted by atomic mass is 32.2. The fourth-order valence-electron chi connectivity index (χ4n) is 3.07. The van der Waals surface area contributed by atoms with Gasteiger partial charge in [0.25, 0.3) is 15.9 Å². The van der Waals surface area contributed by atoms with E-state index in [1.54, 1.807) is 60.7 Å². The molecular formula is C25H27N3O5S2. The van der Waals surface area contributed by atoms with Crippen molar-refractivity contribution in [3.8, 4) is 5.75 Å². The van der Waals surface area contributed by atoms with Gasteiger partial charge >= 0.3 is 0 Å². The van der Waals surface area contributed by atoms with Crippen LogP contribution in [0.4, 0.5) is 11.4 Å². The molecule has 0 radical (unpaired) electrons. The summed E-state index contributed by atoms with van der Waals surface area (Å²) in [6.07, 6.45) is 0. The zero-order valence-electron chi connectivity index (χ0n) is 19.4. The van der Waals surface area contributed by atoms with Crippen LogP contribution in [0.2, 0.25) is 0 Å². The van der Waals surface area contributed by atoms with E-state index in [-0.39, 0.29) is 10.0 Å². The molecule has 35 heavy (non-hydrogen) atoms. The van der Waals surface area contributed by atoms with Gasteiger partial charge < -0.3 is 14.8 Å². The highest BCUT2D eigenvalue weighted by molar-refractivity contribution is 7.92. The van der Waals surface area contributed by atoms with Gasteiger partial charge in [0.2, 0.25) is 0 Å². The normalized spacial score (nSPS) is 10.9. The number of sulfonamides is 1. The lowest BCUT2D eigenvalue weighted by molar-refractivity contribution is 0.0976. The lowest BCUT2D eigenvalue weighted by Crippen LogP contribution is -2.34. The number of carbonyl (C=O) groups is 1. The molecule has 184 valence electrons. The second kappa shape index (κ2) is 12.3. The monoisotopic (exact) mass is 513 g/mol. The summed E-state index contributed by atoms with van der Waals surface area (Å²) in [6, 6.07) is 21.7. The molecule has 0 aliphatic heterocycles. The minimum absolute atomic E-state index is 0.0784. The standard InChI is InChI=1S/C25H27N3O5S2/c1-3-32-16-17-33-22-11-7-8-19(18-22)24(29)27-25(34)26-20-12-14-23(15-13-20)35(30,31)28(2)21-9-5-4-6-10-21/h4-15,18H,3,16-17H2,1-2H3,(H2,26,27,29,34). The number of para-hydroxylation sites is 1. The molecule has 0 unspecified atom stereocenters. The van der Waals surface area contributed by atoms with Crippen LogP contribution in [-0.2, 0) is 14.8 Å². The second-order valence-corrected chi connectivity index (χ2v) is 9.69. The van der Waals surface area contributed by atoms with Gasteiger partial charge in [-0.3, -0.25) is 14.4 Å². The highest BCUT2D eigenvalue weighted by Crippen LogP contribution is 2.23. The number of hydrogen-bond donors (Lipinski definition) is 2. The summed E-state index contributed by atoms with van der Waals surface area (Å²) in [4.78, 5) is 12.7. The molecule has 0 saturated heterocycles. The Kier molecular flexibility index (Phi) is 9.18. The Morgan fingerprint density at radius 2 is 1.69 bits per heavy atom. The molecule has 0 bridgehead atoms. The second-order valence-electron chi connectivity index (χ2n) is 7.31. The molecule has 8 nitrogen and oxygen atoms in total. The predicted molar refractivity (Wildman–Crippen MR) is 141 cm³/mol. The Hall–Kier alpha value is -3.47. The van der Waals surface area contributed by atoms with Crippen LogP contribution in [0, 0.1) is 0 Å². The van der Waals surface area contributed by atoms with E-state index in [9.17, 15) is 13.2 Å². The zero-order chi connectivity index (χ0) is 25.3. The zero-order valence-corrected chi connectivity index (χ0v) is 21.1. The molecule has 0 heterocycles. The summed E-state index contributed by atoms with van der Waals surface area (Å²) in [6.45, 7) is 3.36. The van der Waals surface area contributed by atoms with Gasteiger partial charge in [-0.2, -0.15) is 0 Å². The molecule has 0 aliphatic rings. The molecule has 0 saturated carbocycles. The first-order chi connectivity index (χ1) is 16.8. The largest absolute Gasteiger partial charge is 0.491 e. The molecule has 3 aromatic rings. The van der Waals surface area contributed by atoms with Crippen LogP contribution in [-0.4, -0.2) is 46.3 Å². The van der Waals surface area contributed by atoms with Crippen molar-refractivity contribution in [3.63, 3.8) is 0 Å². The van der Waals surface area contributed by atoms with Crippen molar-refractivity contribution < 1.29 is 22.7 Å². The van der Waals surface area contributed by atoms with E-state index in [1.807, 2.05) is 13.0 Å². The highest BCUT2D eigenvalue weighted by Gasteiger charge is 2.21. The number of carbonyl (C=O) groups excluding carboxylic acids is 1. The van der Waals surface area contributed by atoms with Crippen molar-refractivity contribution in [1.29, 1.82) is 0 Å². The fraction of sp³-hybridized carbons (Fsp3) is 0.200. The third-order valence-corrected chi connectivity index (χ3v) is 6.92. The number of thiocarbonyl (C=S) groups is 1. The van der Waals surface area contributed by atoms with E-state index in [4.69, 9.17) is 21.7 Å². The number of nitrogens with one attached hydrogen (secondary N) is 2. The Morgan fingerprint density at radius 3 is 2.37 bits per heavy atom. The summed E-state index contributed by atoms with van der Waals surface area (Å²) in [7, 11) is -2.22. The first-order valence-corrected chi connectivity index (χ1v) is 12.7. The first kappa shape index (κ1) is 26.1. The molecule has 3 rings (SSSR count). The summed E-state index contributed by atoms with van der Waals surface area (Å²) in [5.74, 6) is 0.148. The van der Waals surface area contributed by atoms with Crippen LogP contribution in [0.15, 0.2) is 83.8 Å². The number of benzene rings is 3. The molecule has 0 fully saturated rings. The average Bonchev–Trinajstić information content (AvgIpc) is 2.87.